The first kappa shape index (κ1) is 25.1. The van der Waals surface area contributed by atoms with Crippen molar-refractivity contribution in [2.45, 2.75) is 76.7 Å². The van der Waals surface area contributed by atoms with Crippen molar-refractivity contribution in [1.82, 2.24) is 9.62 Å². The summed E-state index contributed by atoms with van der Waals surface area (Å²) in [5, 5.41) is 2.35. The molecule has 1 saturated carbocycles. The van der Waals surface area contributed by atoms with Crippen LogP contribution in [0, 0.1) is 17.7 Å². The lowest BCUT2D eigenvalue weighted by Crippen LogP contribution is -2.41. The molecule has 4 rings (SSSR count). The molecule has 0 spiro atoms. The summed E-state index contributed by atoms with van der Waals surface area (Å²) >= 11 is 0. The second-order valence-electron chi connectivity index (χ2n) is 10.0. The molecule has 3 atom stereocenters. The number of hydrogen-bond acceptors (Lipinski definition) is 5. The van der Waals surface area contributed by atoms with E-state index in [2.05, 4.69) is 5.32 Å². The summed E-state index contributed by atoms with van der Waals surface area (Å²) in [6.07, 6.45) is 6.40. The van der Waals surface area contributed by atoms with Crippen molar-refractivity contribution in [3.8, 4) is 5.75 Å². The molecule has 2 heterocycles. The standard InChI is InChI=1S/C25H35FN2O5S/c1-17(20-9-11-21(26)23(15-20)33-16-18-7-8-18)22-6-4-13-28(22)34(31,32)14-3-2-5-19-10-12-24(29)27-25(19)30/h9,11,15,17-19,22H,2-8,10,12-14,16H2,1H3,(H,27,29,30)/t17-,19?,22?/m1/s1. The van der Waals surface area contributed by atoms with Gasteiger partial charge >= 0.3 is 0 Å². The van der Waals surface area contributed by atoms with Gasteiger partial charge in [-0.1, -0.05) is 19.4 Å². The molecule has 1 aliphatic carbocycles. The van der Waals surface area contributed by atoms with Crippen LogP contribution in [0.5, 0.6) is 5.75 Å². The summed E-state index contributed by atoms with van der Waals surface area (Å²) in [6, 6.07) is 4.71. The number of rotatable bonds is 11. The Hall–Kier alpha value is -2.00. The quantitative estimate of drug-likeness (QED) is 0.374. The number of hydrogen-bond donors (Lipinski definition) is 1. The zero-order valence-corrected chi connectivity index (χ0v) is 20.6. The van der Waals surface area contributed by atoms with E-state index in [1.807, 2.05) is 6.92 Å². The SMILES string of the molecule is C[C@H](c1ccc(F)c(OCC2CC2)c1)C1CCCN1S(=O)(=O)CCCCC1CCC(=O)NC1=O. The third kappa shape index (κ3) is 6.16. The van der Waals surface area contributed by atoms with Crippen molar-refractivity contribution >= 4 is 21.8 Å². The van der Waals surface area contributed by atoms with E-state index in [1.165, 1.54) is 6.07 Å². The Labute approximate surface area is 201 Å². The maximum atomic E-state index is 14.2. The second-order valence-corrected chi connectivity index (χ2v) is 12.1. The highest BCUT2D eigenvalue weighted by atomic mass is 32.2. The summed E-state index contributed by atoms with van der Waals surface area (Å²) in [4.78, 5) is 23.2. The van der Waals surface area contributed by atoms with Crippen molar-refractivity contribution in [2.24, 2.45) is 11.8 Å². The van der Waals surface area contributed by atoms with Gasteiger partial charge in [0.2, 0.25) is 21.8 Å². The highest BCUT2D eigenvalue weighted by Crippen LogP contribution is 2.36. The Bertz CT molecular complexity index is 1010. The van der Waals surface area contributed by atoms with Crippen LogP contribution in [-0.4, -0.2) is 49.5 Å². The number of benzene rings is 1. The number of nitrogens with zero attached hydrogens (tertiary/aromatic N) is 1. The van der Waals surface area contributed by atoms with E-state index < -0.39 is 10.0 Å². The van der Waals surface area contributed by atoms with Crippen LogP contribution in [0.3, 0.4) is 0 Å². The van der Waals surface area contributed by atoms with Gasteiger partial charge in [-0.2, -0.15) is 4.31 Å². The number of carbonyl (C=O) groups is 2. The normalized spacial score (nSPS) is 24.8. The van der Waals surface area contributed by atoms with E-state index in [-0.39, 0.29) is 47.0 Å². The fourth-order valence-electron chi connectivity index (χ4n) is 5.05. The molecule has 7 nitrogen and oxygen atoms in total. The largest absolute Gasteiger partial charge is 0.490 e. The third-order valence-corrected chi connectivity index (χ3v) is 9.37. The number of carbonyl (C=O) groups excluding carboxylic acids is 2. The van der Waals surface area contributed by atoms with E-state index in [4.69, 9.17) is 4.74 Å². The predicted molar refractivity (Wildman–Crippen MR) is 126 cm³/mol. The van der Waals surface area contributed by atoms with Crippen molar-refractivity contribution in [2.75, 3.05) is 18.9 Å². The first-order valence-corrected chi connectivity index (χ1v) is 14.1. The van der Waals surface area contributed by atoms with Crippen molar-refractivity contribution in [3.63, 3.8) is 0 Å². The molecule has 0 aromatic heterocycles. The Kier molecular flexibility index (Phi) is 7.92. The number of sulfonamides is 1. The number of nitrogens with one attached hydrogen (secondary N) is 1. The molecule has 1 aromatic rings. The van der Waals surface area contributed by atoms with Crippen LogP contribution in [0.15, 0.2) is 18.2 Å². The molecule has 2 unspecified atom stereocenters. The van der Waals surface area contributed by atoms with Crippen molar-refractivity contribution in [1.29, 1.82) is 0 Å². The van der Waals surface area contributed by atoms with Crippen LogP contribution in [0.2, 0.25) is 0 Å². The maximum absolute atomic E-state index is 14.2. The lowest BCUT2D eigenvalue weighted by atomic mass is 9.92. The van der Waals surface area contributed by atoms with Gasteiger partial charge in [-0.15, -0.1) is 0 Å². The highest BCUT2D eigenvalue weighted by Gasteiger charge is 2.37. The molecule has 3 fully saturated rings. The molecule has 1 N–H and O–H groups in total. The number of amides is 2. The third-order valence-electron chi connectivity index (χ3n) is 7.39. The Morgan fingerprint density at radius 1 is 1.18 bits per heavy atom. The Morgan fingerprint density at radius 3 is 2.71 bits per heavy atom. The van der Waals surface area contributed by atoms with Gasteiger partial charge in [-0.05, 0) is 74.5 Å². The molecule has 2 aliphatic heterocycles. The fourth-order valence-corrected chi connectivity index (χ4v) is 6.96. The molecule has 9 heteroatoms. The fraction of sp³-hybridized carbons (Fsp3) is 0.680. The van der Waals surface area contributed by atoms with Crippen LogP contribution in [0.1, 0.15) is 76.2 Å². The van der Waals surface area contributed by atoms with Gasteiger partial charge in [0, 0.05) is 24.9 Å². The lowest BCUT2D eigenvalue weighted by molar-refractivity contribution is -0.136. The summed E-state index contributed by atoms with van der Waals surface area (Å²) in [7, 11) is -3.45. The van der Waals surface area contributed by atoms with Crippen molar-refractivity contribution in [3.05, 3.63) is 29.6 Å². The van der Waals surface area contributed by atoms with Gasteiger partial charge in [0.25, 0.3) is 0 Å². The smallest absolute Gasteiger partial charge is 0.229 e. The monoisotopic (exact) mass is 494 g/mol. The molecule has 34 heavy (non-hydrogen) atoms. The average Bonchev–Trinajstić information content (AvgIpc) is 3.49. The van der Waals surface area contributed by atoms with Gasteiger partial charge < -0.3 is 4.74 Å². The number of unbranched alkanes of at least 4 members (excludes halogenated alkanes) is 1. The van der Waals surface area contributed by atoms with Crippen molar-refractivity contribution < 1.29 is 27.1 Å². The zero-order chi connectivity index (χ0) is 24.3. The molecule has 188 valence electrons. The average molecular weight is 495 g/mol. The predicted octanol–water partition coefficient (Wildman–Crippen LogP) is 3.74. The second kappa shape index (κ2) is 10.7. The van der Waals surface area contributed by atoms with E-state index in [9.17, 15) is 22.4 Å². The van der Waals surface area contributed by atoms with E-state index >= 15 is 0 Å². The molecule has 2 saturated heterocycles. The van der Waals surface area contributed by atoms with Gasteiger partial charge in [0.15, 0.2) is 11.6 Å². The van der Waals surface area contributed by atoms with E-state index in [0.717, 1.165) is 31.2 Å². The topological polar surface area (TPSA) is 92.8 Å². The molecule has 2 amide bonds. The van der Waals surface area contributed by atoms with Crippen LogP contribution < -0.4 is 10.1 Å². The summed E-state index contributed by atoms with van der Waals surface area (Å²) < 4.78 is 47.9. The van der Waals surface area contributed by atoms with Crippen LogP contribution in [-0.2, 0) is 19.6 Å². The summed E-state index contributed by atoms with van der Waals surface area (Å²) in [5.41, 5.74) is 0.886. The molecule has 1 aromatic carbocycles. The van der Waals surface area contributed by atoms with Gasteiger partial charge in [-0.25, -0.2) is 12.8 Å². The molecule has 3 aliphatic rings. The summed E-state index contributed by atoms with van der Waals surface area (Å²) in [5.74, 6) is -0.345. The number of piperidine rings is 1. The minimum absolute atomic E-state index is 0.0443. The first-order chi connectivity index (χ1) is 16.2. The van der Waals surface area contributed by atoms with E-state index in [1.54, 1.807) is 16.4 Å². The minimum atomic E-state index is -3.45. The molecular weight excluding hydrogens is 459 g/mol. The Morgan fingerprint density at radius 2 is 1.97 bits per heavy atom. The highest BCUT2D eigenvalue weighted by molar-refractivity contribution is 7.89. The Balaban J connectivity index is 1.32. The zero-order valence-electron chi connectivity index (χ0n) is 19.8. The summed E-state index contributed by atoms with van der Waals surface area (Å²) in [6.45, 7) is 3.02. The number of halogens is 1. The van der Waals surface area contributed by atoms with Gasteiger partial charge in [-0.3, -0.25) is 14.9 Å². The lowest BCUT2D eigenvalue weighted by Gasteiger charge is -2.29. The van der Waals surface area contributed by atoms with Crippen LogP contribution >= 0.6 is 0 Å². The maximum Gasteiger partial charge on any atom is 0.229 e. The first-order valence-electron chi connectivity index (χ1n) is 12.5. The molecule has 0 bridgehead atoms. The van der Waals surface area contributed by atoms with E-state index in [0.29, 0.717) is 51.2 Å². The van der Waals surface area contributed by atoms with Gasteiger partial charge in [0.05, 0.1) is 12.4 Å². The van der Waals surface area contributed by atoms with Crippen LogP contribution in [0.25, 0.3) is 0 Å². The minimum Gasteiger partial charge on any atom is -0.490 e. The molecule has 0 radical (unpaired) electrons. The van der Waals surface area contributed by atoms with Gasteiger partial charge in [0.1, 0.15) is 0 Å². The van der Waals surface area contributed by atoms with Crippen LogP contribution in [0.4, 0.5) is 4.39 Å². The number of imide groups is 1. The molecular formula is C25H35FN2O5S. The number of ether oxygens (including phenoxy) is 1.